The molecular weight excluding hydrogens is 283 g/mol. The third-order valence-electron chi connectivity index (χ3n) is 2.43. The van der Waals surface area contributed by atoms with Gasteiger partial charge in [-0.15, -0.1) is 0 Å². The highest BCUT2D eigenvalue weighted by atomic mass is 127. The predicted molar refractivity (Wildman–Crippen MR) is 72.3 cm³/mol. The zero-order valence-electron chi connectivity index (χ0n) is 8.89. The second kappa shape index (κ2) is 6.23. The molecule has 0 atom stereocenters. The molecule has 1 heteroatoms. The summed E-state index contributed by atoms with van der Waals surface area (Å²) in [5, 5.41) is 0. The van der Waals surface area contributed by atoms with Crippen LogP contribution < -0.4 is 0 Å². The smallest absolute Gasteiger partial charge is 0.0175 e. The molecule has 0 spiro atoms. The molecule has 0 unspecified atom stereocenters. The summed E-state index contributed by atoms with van der Waals surface area (Å²) in [4.78, 5) is 0. The average molecular weight is 300 g/mol. The summed E-state index contributed by atoms with van der Waals surface area (Å²) in [6.07, 6.45) is 6.81. The Labute approximate surface area is 101 Å². The quantitative estimate of drug-likeness (QED) is 0.443. The highest BCUT2D eigenvalue weighted by molar-refractivity contribution is 14.1. The van der Waals surface area contributed by atoms with Gasteiger partial charge in [-0.25, -0.2) is 0 Å². The monoisotopic (exact) mass is 300 g/mol. The Morgan fingerprint density at radius 2 is 1.93 bits per heavy atom. The first kappa shape index (κ1) is 11.8. The van der Waals surface area contributed by atoms with Crippen molar-refractivity contribution in [2.45, 2.75) is 26.7 Å². The average Bonchev–Trinajstić information content (AvgIpc) is 2.18. The molecule has 0 fully saturated rings. The Balaban J connectivity index is 2.51. The standard InChI is InChI=1S/C13H17I/c1-11-7-8-13(10-12(11)2)6-4-3-5-9-14/h3,5,7-8,10H,4,6,9H2,1-2H3/b5-3+. The lowest BCUT2D eigenvalue weighted by atomic mass is 10.0. The minimum atomic E-state index is 1.12. The molecule has 0 saturated heterocycles. The molecule has 0 aliphatic heterocycles. The topological polar surface area (TPSA) is 0 Å². The van der Waals surface area contributed by atoms with Crippen molar-refractivity contribution in [2.75, 3.05) is 4.43 Å². The van der Waals surface area contributed by atoms with E-state index < -0.39 is 0 Å². The van der Waals surface area contributed by atoms with Crippen LogP contribution >= 0.6 is 22.6 Å². The molecule has 0 bridgehead atoms. The largest absolute Gasteiger partial charge is 0.0874 e. The van der Waals surface area contributed by atoms with Crippen molar-refractivity contribution in [3.8, 4) is 0 Å². The highest BCUT2D eigenvalue weighted by Gasteiger charge is 1.94. The summed E-state index contributed by atoms with van der Waals surface area (Å²) in [6, 6.07) is 6.75. The number of hydrogen-bond donors (Lipinski definition) is 0. The first-order valence-corrected chi connectivity index (χ1v) is 6.53. The number of allylic oxidation sites excluding steroid dienone is 2. The van der Waals surface area contributed by atoms with Crippen molar-refractivity contribution in [2.24, 2.45) is 0 Å². The van der Waals surface area contributed by atoms with Crippen LogP contribution in [0, 0.1) is 13.8 Å². The van der Waals surface area contributed by atoms with Crippen molar-refractivity contribution in [1.82, 2.24) is 0 Å². The first-order chi connectivity index (χ1) is 6.74. The number of hydrogen-bond acceptors (Lipinski definition) is 0. The molecule has 0 radical (unpaired) electrons. The lowest BCUT2D eigenvalue weighted by Gasteiger charge is -2.03. The van der Waals surface area contributed by atoms with E-state index >= 15 is 0 Å². The molecule has 0 nitrogen and oxygen atoms in total. The zero-order chi connectivity index (χ0) is 10.4. The van der Waals surface area contributed by atoms with Gasteiger partial charge < -0.3 is 0 Å². The molecule has 14 heavy (non-hydrogen) atoms. The van der Waals surface area contributed by atoms with Crippen molar-refractivity contribution in [3.05, 3.63) is 47.0 Å². The molecule has 0 heterocycles. The van der Waals surface area contributed by atoms with Gasteiger partial charge in [-0.3, -0.25) is 0 Å². The van der Waals surface area contributed by atoms with Crippen molar-refractivity contribution >= 4 is 22.6 Å². The summed E-state index contributed by atoms with van der Waals surface area (Å²) < 4.78 is 1.12. The molecule has 76 valence electrons. The fourth-order valence-electron chi connectivity index (χ4n) is 1.39. The summed E-state index contributed by atoms with van der Waals surface area (Å²) >= 11 is 2.36. The third-order valence-corrected chi connectivity index (χ3v) is 2.94. The first-order valence-electron chi connectivity index (χ1n) is 5.01. The van der Waals surface area contributed by atoms with Gasteiger partial charge in [-0.2, -0.15) is 0 Å². The minimum absolute atomic E-state index is 1.12. The molecule has 0 aromatic heterocycles. The predicted octanol–water partition coefficient (Wildman–Crippen LogP) is 4.23. The zero-order valence-corrected chi connectivity index (χ0v) is 11.0. The fraction of sp³-hybridized carbons (Fsp3) is 0.385. The summed E-state index contributed by atoms with van der Waals surface area (Å²) in [5.41, 5.74) is 4.24. The van der Waals surface area contributed by atoms with Crippen LogP contribution in [-0.2, 0) is 6.42 Å². The number of benzene rings is 1. The van der Waals surface area contributed by atoms with E-state index in [0.29, 0.717) is 0 Å². The van der Waals surface area contributed by atoms with E-state index in [4.69, 9.17) is 0 Å². The van der Waals surface area contributed by atoms with Gasteiger partial charge in [0.25, 0.3) is 0 Å². The maximum absolute atomic E-state index is 2.36. The van der Waals surface area contributed by atoms with Crippen LogP contribution in [0.5, 0.6) is 0 Å². The maximum Gasteiger partial charge on any atom is 0.0175 e. The number of aryl methyl sites for hydroxylation is 3. The SMILES string of the molecule is Cc1ccc(CC/C=C/CI)cc1C. The molecule has 1 aromatic carbocycles. The summed E-state index contributed by atoms with van der Waals surface area (Å²) in [7, 11) is 0. The van der Waals surface area contributed by atoms with Gasteiger partial charge in [0, 0.05) is 4.43 Å². The molecule has 0 N–H and O–H groups in total. The Morgan fingerprint density at radius 3 is 2.57 bits per heavy atom. The maximum atomic E-state index is 2.36. The molecule has 0 aliphatic carbocycles. The lowest BCUT2D eigenvalue weighted by molar-refractivity contribution is 0.995. The van der Waals surface area contributed by atoms with Crippen LogP contribution in [0.25, 0.3) is 0 Å². The van der Waals surface area contributed by atoms with Crippen LogP contribution in [-0.4, -0.2) is 4.43 Å². The van der Waals surface area contributed by atoms with Crippen LogP contribution in [0.1, 0.15) is 23.1 Å². The number of rotatable bonds is 4. The van der Waals surface area contributed by atoms with E-state index in [-0.39, 0.29) is 0 Å². The van der Waals surface area contributed by atoms with Crippen molar-refractivity contribution in [1.29, 1.82) is 0 Å². The summed E-state index contributed by atoms with van der Waals surface area (Å²) in [6.45, 7) is 4.34. The minimum Gasteiger partial charge on any atom is -0.0874 e. The second-order valence-corrected chi connectivity index (χ2v) is 4.46. The molecular formula is C13H17I. The Kier molecular flexibility index (Phi) is 5.23. The van der Waals surface area contributed by atoms with Gasteiger partial charge in [-0.1, -0.05) is 52.9 Å². The fourth-order valence-corrected chi connectivity index (χ4v) is 1.75. The van der Waals surface area contributed by atoms with Gasteiger partial charge in [0.15, 0.2) is 0 Å². The van der Waals surface area contributed by atoms with Crippen LogP contribution in [0.15, 0.2) is 30.4 Å². The lowest BCUT2D eigenvalue weighted by Crippen LogP contribution is -1.87. The van der Waals surface area contributed by atoms with Gasteiger partial charge in [0.1, 0.15) is 0 Å². The van der Waals surface area contributed by atoms with E-state index in [0.717, 1.165) is 17.3 Å². The van der Waals surface area contributed by atoms with E-state index in [1.807, 2.05) is 0 Å². The van der Waals surface area contributed by atoms with Crippen LogP contribution in [0.4, 0.5) is 0 Å². The van der Waals surface area contributed by atoms with Gasteiger partial charge in [0.2, 0.25) is 0 Å². The second-order valence-electron chi connectivity index (χ2n) is 3.58. The molecule has 0 saturated carbocycles. The van der Waals surface area contributed by atoms with Gasteiger partial charge in [-0.05, 0) is 43.4 Å². The Hall–Kier alpha value is -0.310. The highest BCUT2D eigenvalue weighted by Crippen LogP contribution is 2.11. The molecule has 1 aromatic rings. The van der Waals surface area contributed by atoms with Gasteiger partial charge in [0.05, 0.1) is 0 Å². The Morgan fingerprint density at radius 1 is 1.14 bits per heavy atom. The van der Waals surface area contributed by atoms with Crippen LogP contribution in [0.3, 0.4) is 0 Å². The number of halogens is 1. The van der Waals surface area contributed by atoms with E-state index in [1.165, 1.54) is 16.7 Å². The van der Waals surface area contributed by atoms with E-state index in [9.17, 15) is 0 Å². The molecule has 1 rings (SSSR count). The molecule has 0 aliphatic rings. The normalized spacial score (nSPS) is 11.1. The third kappa shape index (κ3) is 3.82. The van der Waals surface area contributed by atoms with Crippen molar-refractivity contribution in [3.63, 3.8) is 0 Å². The number of alkyl halides is 1. The van der Waals surface area contributed by atoms with Crippen molar-refractivity contribution < 1.29 is 0 Å². The summed E-state index contributed by atoms with van der Waals surface area (Å²) in [5.74, 6) is 0. The van der Waals surface area contributed by atoms with E-state index in [1.54, 1.807) is 0 Å². The molecule has 0 amide bonds. The Bertz CT molecular complexity index is 313. The van der Waals surface area contributed by atoms with Crippen LogP contribution in [0.2, 0.25) is 0 Å². The van der Waals surface area contributed by atoms with E-state index in [2.05, 4.69) is 66.8 Å². The van der Waals surface area contributed by atoms with Gasteiger partial charge >= 0.3 is 0 Å².